The molecule has 0 radical (unpaired) electrons. The molecule has 0 aliphatic carbocycles. The molecule has 2 saturated heterocycles. The Morgan fingerprint density at radius 1 is 1.19 bits per heavy atom. The van der Waals surface area contributed by atoms with Crippen molar-refractivity contribution in [1.82, 2.24) is 4.90 Å². The van der Waals surface area contributed by atoms with Crippen molar-refractivity contribution in [1.29, 1.82) is 0 Å². The first-order valence-electron chi connectivity index (χ1n) is 5.42. The molecule has 2 aliphatic heterocycles. The number of aliphatic carboxylic acids is 1. The molecule has 0 aromatic rings. The first-order chi connectivity index (χ1) is 7.39. The van der Waals surface area contributed by atoms with Gasteiger partial charge in [0, 0.05) is 6.54 Å². The van der Waals surface area contributed by atoms with E-state index in [2.05, 4.69) is 4.90 Å². The lowest BCUT2D eigenvalue weighted by Crippen LogP contribution is -2.21. The van der Waals surface area contributed by atoms with E-state index < -0.39 is 12.1 Å². The van der Waals surface area contributed by atoms with E-state index in [4.69, 9.17) is 9.90 Å². The van der Waals surface area contributed by atoms with Gasteiger partial charge in [0.1, 0.15) is 0 Å². The van der Waals surface area contributed by atoms with Gasteiger partial charge in [0.05, 0.1) is 0 Å². The maximum atomic E-state index is 10.6. The van der Waals surface area contributed by atoms with Crippen molar-refractivity contribution in [3.63, 3.8) is 0 Å². The van der Waals surface area contributed by atoms with E-state index in [1.165, 1.54) is 45.3 Å². The summed E-state index contributed by atoms with van der Waals surface area (Å²) in [7, 11) is 0. The van der Waals surface area contributed by atoms with Crippen LogP contribution in [0.15, 0.2) is 0 Å². The number of carboxylic acids is 1. The number of hydrogen-bond donors (Lipinski definition) is 1. The summed E-state index contributed by atoms with van der Waals surface area (Å²) in [6.07, 6.45) is 0.855. The second kappa shape index (κ2) is 5.52. The van der Waals surface area contributed by atoms with Crippen molar-refractivity contribution in [3.8, 4) is 0 Å². The highest BCUT2D eigenvalue weighted by Crippen LogP contribution is 2.25. The van der Waals surface area contributed by atoms with E-state index in [0.29, 0.717) is 0 Å². The normalized spacial score (nSPS) is 28.9. The topological polar surface area (TPSA) is 40.5 Å². The van der Waals surface area contributed by atoms with E-state index >= 15 is 0 Å². The third-order valence-corrected chi connectivity index (χ3v) is 2.95. The van der Waals surface area contributed by atoms with Gasteiger partial charge in [0.25, 0.3) is 0 Å². The Kier molecular flexibility index (Phi) is 4.58. The second-order valence-corrected chi connectivity index (χ2v) is 4.25. The van der Waals surface area contributed by atoms with Crippen LogP contribution in [0.25, 0.3) is 0 Å². The van der Waals surface area contributed by atoms with Gasteiger partial charge in [-0.05, 0) is 38.3 Å². The maximum absolute atomic E-state index is 10.6. The number of nitrogens with zero attached hydrogens (tertiary/aromatic N) is 1. The molecule has 2 rings (SSSR count). The molecule has 2 aliphatic rings. The zero-order chi connectivity index (χ0) is 12.2. The molecule has 6 heteroatoms. The van der Waals surface area contributed by atoms with Gasteiger partial charge < -0.3 is 10.0 Å². The first-order valence-corrected chi connectivity index (χ1v) is 5.42. The summed E-state index contributed by atoms with van der Waals surface area (Å²) in [5.41, 5.74) is 0. The molecular weight excluding hydrogens is 223 g/mol. The predicted molar refractivity (Wildman–Crippen MR) is 52.1 cm³/mol. The van der Waals surface area contributed by atoms with Crippen LogP contribution in [0.5, 0.6) is 0 Å². The van der Waals surface area contributed by atoms with E-state index in [1.54, 1.807) is 0 Å². The van der Waals surface area contributed by atoms with Crippen LogP contribution >= 0.6 is 0 Å². The van der Waals surface area contributed by atoms with Crippen molar-refractivity contribution in [2.24, 2.45) is 5.92 Å². The van der Waals surface area contributed by atoms with Gasteiger partial charge in [-0.1, -0.05) is 6.42 Å². The van der Waals surface area contributed by atoms with Crippen LogP contribution in [0.4, 0.5) is 13.2 Å². The number of fused-ring (bicyclic) bond motifs is 2. The predicted octanol–water partition coefficient (Wildman–Crippen LogP) is 2.13. The van der Waals surface area contributed by atoms with E-state index in [-0.39, 0.29) is 0 Å². The number of hydrogen-bond acceptors (Lipinski definition) is 2. The fourth-order valence-corrected chi connectivity index (χ4v) is 2.12. The lowest BCUT2D eigenvalue weighted by atomic mass is 10.0. The highest BCUT2D eigenvalue weighted by molar-refractivity contribution is 5.73. The van der Waals surface area contributed by atoms with Crippen LogP contribution in [-0.4, -0.2) is 41.8 Å². The molecule has 0 spiro atoms. The molecule has 3 nitrogen and oxygen atoms in total. The molecule has 2 bridgehead atoms. The van der Waals surface area contributed by atoms with Gasteiger partial charge in [-0.3, -0.25) is 0 Å². The Bertz CT molecular complexity index is 231. The minimum Gasteiger partial charge on any atom is -0.475 e. The highest BCUT2D eigenvalue weighted by atomic mass is 19.4. The average Bonchev–Trinajstić information content (AvgIpc) is 2.43. The Labute approximate surface area is 92.2 Å². The molecule has 94 valence electrons. The SMILES string of the molecule is C1CCN2CCC(C1)C2.O=C(O)C(F)(F)F. The van der Waals surface area contributed by atoms with Crippen molar-refractivity contribution < 1.29 is 23.1 Å². The largest absolute Gasteiger partial charge is 0.490 e. The smallest absolute Gasteiger partial charge is 0.475 e. The summed E-state index contributed by atoms with van der Waals surface area (Å²) in [5.74, 6) is -1.68. The molecule has 2 fully saturated rings. The summed E-state index contributed by atoms with van der Waals surface area (Å²) in [5, 5.41) is 7.12. The molecule has 0 aromatic carbocycles. The van der Waals surface area contributed by atoms with Gasteiger partial charge in [-0.25, -0.2) is 4.79 Å². The van der Waals surface area contributed by atoms with E-state index in [0.717, 1.165) is 5.92 Å². The number of carboxylic acid groups (broad SMARTS) is 1. The quantitative estimate of drug-likeness (QED) is 0.704. The molecule has 16 heavy (non-hydrogen) atoms. The van der Waals surface area contributed by atoms with Gasteiger partial charge in [0.2, 0.25) is 0 Å². The van der Waals surface area contributed by atoms with Crippen molar-refractivity contribution in [2.45, 2.75) is 31.9 Å². The van der Waals surface area contributed by atoms with E-state index in [1.807, 2.05) is 0 Å². The Morgan fingerprint density at radius 3 is 2.38 bits per heavy atom. The van der Waals surface area contributed by atoms with Crippen LogP contribution in [0.3, 0.4) is 0 Å². The molecule has 1 N–H and O–H groups in total. The van der Waals surface area contributed by atoms with Crippen molar-refractivity contribution in [2.75, 3.05) is 19.6 Å². The molecule has 0 saturated carbocycles. The molecule has 2 unspecified atom stereocenters. The molecule has 0 amide bonds. The molecular formula is C10H16F3NO2. The third-order valence-electron chi connectivity index (χ3n) is 2.95. The van der Waals surface area contributed by atoms with E-state index in [9.17, 15) is 13.2 Å². The van der Waals surface area contributed by atoms with Crippen LogP contribution in [0.1, 0.15) is 25.7 Å². The number of alkyl halides is 3. The van der Waals surface area contributed by atoms with Gasteiger partial charge >= 0.3 is 12.1 Å². The molecule has 0 aromatic heterocycles. The van der Waals surface area contributed by atoms with Crippen molar-refractivity contribution >= 4 is 5.97 Å². The maximum Gasteiger partial charge on any atom is 0.490 e. The molecule has 2 heterocycles. The van der Waals surface area contributed by atoms with Crippen LogP contribution in [0, 0.1) is 5.92 Å². The number of halogens is 3. The fraction of sp³-hybridized carbons (Fsp3) is 0.900. The minimum absolute atomic E-state index is 1.08. The summed E-state index contributed by atoms with van der Waals surface area (Å²) < 4.78 is 31.7. The summed E-state index contributed by atoms with van der Waals surface area (Å²) in [4.78, 5) is 11.5. The Hall–Kier alpha value is -0.780. The van der Waals surface area contributed by atoms with Crippen molar-refractivity contribution in [3.05, 3.63) is 0 Å². The zero-order valence-electron chi connectivity index (χ0n) is 8.96. The zero-order valence-corrected chi connectivity index (χ0v) is 8.96. The lowest BCUT2D eigenvalue weighted by molar-refractivity contribution is -0.192. The average molecular weight is 239 g/mol. The highest BCUT2D eigenvalue weighted by Gasteiger charge is 2.38. The minimum atomic E-state index is -5.08. The van der Waals surface area contributed by atoms with Gasteiger partial charge in [-0.15, -0.1) is 0 Å². The Morgan fingerprint density at radius 2 is 1.81 bits per heavy atom. The lowest BCUT2D eigenvalue weighted by Gasteiger charge is -2.11. The summed E-state index contributed by atoms with van der Waals surface area (Å²) >= 11 is 0. The van der Waals surface area contributed by atoms with Gasteiger partial charge in [-0.2, -0.15) is 13.2 Å². The number of rotatable bonds is 0. The summed E-state index contributed by atoms with van der Waals surface area (Å²) in [6.45, 7) is 4.20. The van der Waals surface area contributed by atoms with Gasteiger partial charge in [0.15, 0.2) is 0 Å². The first kappa shape index (κ1) is 13.3. The van der Waals surface area contributed by atoms with Crippen LogP contribution in [0.2, 0.25) is 0 Å². The summed E-state index contributed by atoms with van der Waals surface area (Å²) in [6, 6.07) is 0. The fourth-order valence-electron chi connectivity index (χ4n) is 2.12. The molecule has 2 atom stereocenters. The van der Waals surface area contributed by atoms with Crippen LogP contribution < -0.4 is 0 Å². The standard InChI is InChI=1S/C8H15N.C2HF3O2/c1-2-5-9-6-4-8(3-1)7-9;3-2(4,5)1(6)7/h8H,1-7H2;(H,6,7). The van der Waals surface area contributed by atoms with Crippen LogP contribution in [-0.2, 0) is 4.79 Å². The third kappa shape index (κ3) is 4.38. The monoisotopic (exact) mass is 239 g/mol. The Balaban J connectivity index is 0.000000168. The number of carbonyl (C=O) groups is 1. The second-order valence-electron chi connectivity index (χ2n) is 4.25.